The van der Waals surface area contributed by atoms with Crippen LogP contribution in [-0.4, -0.2) is 28.6 Å². The van der Waals surface area contributed by atoms with Crippen molar-refractivity contribution in [2.45, 2.75) is 0 Å². The van der Waals surface area contributed by atoms with E-state index in [4.69, 9.17) is 0 Å². The highest BCUT2D eigenvalue weighted by Gasteiger charge is 2.09. The number of H-pyrrole nitrogens is 1. The molecule has 22 heavy (non-hydrogen) atoms. The molecule has 1 heterocycles. The fraction of sp³-hybridized carbons (Fsp3) is 0.0625. The highest BCUT2D eigenvalue weighted by Crippen LogP contribution is 2.12. The minimum atomic E-state index is -0.300. The highest BCUT2D eigenvalue weighted by molar-refractivity contribution is 6.01. The third kappa shape index (κ3) is 3.12. The number of aromatic nitrogens is 2. The van der Waals surface area contributed by atoms with Crippen molar-refractivity contribution in [1.29, 1.82) is 0 Å². The van der Waals surface area contributed by atoms with Gasteiger partial charge in [-0.3, -0.25) is 14.7 Å². The standard InChI is InChI=1S/C16H14N4O2/c21-15(19-13-4-2-1-3-5-13)10-17-16(22)11-6-7-14-12(8-11)9-18-20-14/h1-9H,10H2,(H,17,22)(H,18,20)(H,19,21). The van der Waals surface area contributed by atoms with Gasteiger partial charge in [-0.1, -0.05) is 18.2 Å². The van der Waals surface area contributed by atoms with Crippen LogP contribution < -0.4 is 10.6 Å². The molecule has 0 radical (unpaired) electrons. The van der Waals surface area contributed by atoms with Crippen LogP contribution in [0.5, 0.6) is 0 Å². The molecule has 0 unspecified atom stereocenters. The summed E-state index contributed by atoms with van der Waals surface area (Å²) in [5, 5.41) is 12.9. The molecular weight excluding hydrogens is 280 g/mol. The Kier molecular flexibility index (Phi) is 3.82. The minimum absolute atomic E-state index is 0.0862. The second kappa shape index (κ2) is 6.09. The number of nitrogens with zero attached hydrogens (tertiary/aromatic N) is 1. The number of hydrogen-bond acceptors (Lipinski definition) is 3. The molecule has 3 rings (SSSR count). The van der Waals surface area contributed by atoms with Crippen LogP contribution in [0.3, 0.4) is 0 Å². The Labute approximate surface area is 126 Å². The molecule has 1 aromatic heterocycles. The zero-order valence-electron chi connectivity index (χ0n) is 11.7. The molecule has 0 aliphatic rings. The van der Waals surface area contributed by atoms with E-state index in [0.29, 0.717) is 11.3 Å². The molecular formula is C16H14N4O2. The summed E-state index contributed by atoms with van der Waals surface area (Å²) in [6.45, 7) is -0.0862. The first-order valence-electron chi connectivity index (χ1n) is 6.78. The first-order valence-corrected chi connectivity index (χ1v) is 6.78. The van der Waals surface area contributed by atoms with Gasteiger partial charge in [0.2, 0.25) is 5.91 Å². The molecule has 2 aromatic carbocycles. The Morgan fingerprint density at radius 2 is 1.91 bits per heavy atom. The summed E-state index contributed by atoms with van der Waals surface area (Å²) in [6, 6.07) is 14.3. The summed E-state index contributed by atoms with van der Waals surface area (Å²) in [5.41, 5.74) is 2.04. The lowest BCUT2D eigenvalue weighted by Gasteiger charge is -2.07. The molecule has 0 atom stereocenters. The van der Waals surface area contributed by atoms with E-state index in [1.807, 2.05) is 18.2 Å². The molecule has 0 saturated heterocycles. The van der Waals surface area contributed by atoms with Crippen LogP contribution in [0.2, 0.25) is 0 Å². The Balaban J connectivity index is 1.58. The number of anilines is 1. The lowest BCUT2D eigenvalue weighted by Crippen LogP contribution is -2.32. The van der Waals surface area contributed by atoms with Gasteiger partial charge in [-0.2, -0.15) is 5.10 Å². The van der Waals surface area contributed by atoms with E-state index in [2.05, 4.69) is 20.8 Å². The quantitative estimate of drug-likeness (QED) is 0.687. The molecule has 0 fully saturated rings. The molecule has 110 valence electrons. The smallest absolute Gasteiger partial charge is 0.251 e. The molecule has 0 bridgehead atoms. The first-order chi connectivity index (χ1) is 10.7. The van der Waals surface area contributed by atoms with Crippen LogP contribution in [0.4, 0.5) is 5.69 Å². The monoisotopic (exact) mass is 294 g/mol. The van der Waals surface area contributed by atoms with E-state index in [9.17, 15) is 9.59 Å². The number of carbonyl (C=O) groups excluding carboxylic acids is 2. The second-order valence-corrected chi connectivity index (χ2v) is 4.77. The van der Waals surface area contributed by atoms with Crippen LogP contribution in [0.25, 0.3) is 10.9 Å². The van der Waals surface area contributed by atoms with Gasteiger partial charge in [0.05, 0.1) is 18.3 Å². The molecule has 3 N–H and O–H groups in total. The van der Waals surface area contributed by atoms with E-state index in [1.54, 1.807) is 36.5 Å². The topological polar surface area (TPSA) is 86.9 Å². The molecule has 6 nitrogen and oxygen atoms in total. The van der Waals surface area contributed by atoms with Crippen molar-refractivity contribution in [3.8, 4) is 0 Å². The van der Waals surface area contributed by atoms with Gasteiger partial charge < -0.3 is 10.6 Å². The third-order valence-corrected chi connectivity index (χ3v) is 3.17. The SMILES string of the molecule is O=C(CNC(=O)c1ccc2[nH]ncc2c1)Nc1ccccc1. The van der Waals surface area contributed by atoms with Crippen molar-refractivity contribution in [3.63, 3.8) is 0 Å². The van der Waals surface area contributed by atoms with E-state index in [0.717, 1.165) is 10.9 Å². The lowest BCUT2D eigenvalue weighted by atomic mass is 10.1. The Morgan fingerprint density at radius 1 is 1.09 bits per heavy atom. The zero-order chi connectivity index (χ0) is 15.4. The fourth-order valence-corrected chi connectivity index (χ4v) is 2.07. The molecule has 2 amide bonds. The average molecular weight is 294 g/mol. The number of hydrogen-bond donors (Lipinski definition) is 3. The van der Waals surface area contributed by atoms with Crippen LogP contribution in [0.15, 0.2) is 54.7 Å². The maximum Gasteiger partial charge on any atom is 0.251 e. The molecule has 6 heteroatoms. The number of aromatic amines is 1. The van der Waals surface area contributed by atoms with Gasteiger partial charge in [0, 0.05) is 16.6 Å². The predicted octanol–water partition coefficient (Wildman–Crippen LogP) is 1.93. The first kappa shape index (κ1) is 13.8. The summed E-state index contributed by atoms with van der Waals surface area (Å²) >= 11 is 0. The lowest BCUT2D eigenvalue weighted by molar-refractivity contribution is -0.115. The summed E-state index contributed by atoms with van der Waals surface area (Å²) in [6.07, 6.45) is 1.65. The van der Waals surface area contributed by atoms with Crippen molar-refractivity contribution in [1.82, 2.24) is 15.5 Å². The Bertz CT molecular complexity index is 811. The normalized spacial score (nSPS) is 10.4. The molecule has 0 aliphatic heterocycles. The molecule has 0 aliphatic carbocycles. The maximum absolute atomic E-state index is 12.0. The summed E-state index contributed by atoms with van der Waals surface area (Å²) in [4.78, 5) is 23.8. The van der Waals surface area contributed by atoms with Crippen molar-refractivity contribution in [3.05, 3.63) is 60.3 Å². The van der Waals surface area contributed by atoms with E-state index in [-0.39, 0.29) is 18.4 Å². The van der Waals surface area contributed by atoms with Crippen LogP contribution >= 0.6 is 0 Å². The maximum atomic E-state index is 12.0. The molecule has 0 spiro atoms. The second-order valence-electron chi connectivity index (χ2n) is 4.77. The largest absolute Gasteiger partial charge is 0.343 e. The number of fused-ring (bicyclic) bond motifs is 1. The van der Waals surface area contributed by atoms with Crippen LogP contribution in [-0.2, 0) is 4.79 Å². The van der Waals surface area contributed by atoms with Gasteiger partial charge in [0.25, 0.3) is 5.91 Å². The number of para-hydroxylation sites is 1. The fourth-order valence-electron chi connectivity index (χ4n) is 2.07. The number of benzene rings is 2. The van der Waals surface area contributed by atoms with Crippen LogP contribution in [0.1, 0.15) is 10.4 Å². The minimum Gasteiger partial charge on any atom is -0.343 e. The number of carbonyl (C=O) groups is 2. The van der Waals surface area contributed by atoms with Gasteiger partial charge in [0.1, 0.15) is 0 Å². The van der Waals surface area contributed by atoms with Crippen molar-refractivity contribution >= 4 is 28.4 Å². The Hall–Kier alpha value is -3.15. The predicted molar refractivity (Wildman–Crippen MR) is 83.5 cm³/mol. The molecule has 0 saturated carbocycles. The van der Waals surface area contributed by atoms with Gasteiger partial charge in [0.15, 0.2) is 0 Å². The van der Waals surface area contributed by atoms with Crippen molar-refractivity contribution < 1.29 is 9.59 Å². The average Bonchev–Trinajstić information content (AvgIpc) is 3.01. The van der Waals surface area contributed by atoms with Crippen molar-refractivity contribution in [2.24, 2.45) is 0 Å². The summed E-state index contributed by atoms with van der Waals surface area (Å²) in [7, 11) is 0. The van der Waals surface area contributed by atoms with Crippen molar-refractivity contribution in [2.75, 3.05) is 11.9 Å². The number of amides is 2. The van der Waals surface area contributed by atoms with Gasteiger partial charge in [-0.25, -0.2) is 0 Å². The van der Waals surface area contributed by atoms with Gasteiger partial charge >= 0.3 is 0 Å². The van der Waals surface area contributed by atoms with E-state index >= 15 is 0 Å². The van der Waals surface area contributed by atoms with Gasteiger partial charge in [-0.15, -0.1) is 0 Å². The number of nitrogens with one attached hydrogen (secondary N) is 3. The zero-order valence-corrected chi connectivity index (χ0v) is 11.7. The third-order valence-electron chi connectivity index (χ3n) is 3.17. The highest BCUT2D eigenvalue weighted by atomic mass is 16.2. The Morgan fingerprint density at radius 3 is 2.73 bits per heavy atom. The number of rotatable bonds is 4. The van der Waals surface area contributed by atoms with E-state index < -0.39 is 0 Å². The summed E-state index contributed by atoms with van der Waals surface area (Å²) in [5.74, 6) is -0.574. The molecule has 3 aromatic rings. The van der Waals surface area contributed by atoms with Gasteiger partial charge in [-0.05, 0) is 30.3 Å². The summed E-state index contributed by atoms with van der Waals surface area (Å²) < 4.78 is 0. The van der Waals surface area contributed by atoms with E-state index in [1.165, 1.54) is 0 Å². The van der Waals surface area contributed by atoms with Crippen LogP contribution in [0, 0.1) is 0 Å².